The van der Waals surface area contributed by atoms with Gasteiger partial charge in [-0.25, -0.2) is 0 Å². The van der Waals surface area contributed by atoms with Gasteiger partial charge in [0.15, 0.2) is 0 Å². The van der Waals surface area contributed by atoms with Gasteiger partial charge >= 0.3 is 11.7 Å². The maximum Gasteiger partial charge on any atom is 0.328 e. The first-order valence-electron chi connectivity index (χ1n) is 5.67. The Morgan fingerprint density at radius 1 is 1.35 bits per heavy atom. The molecule has 0 amide bonds. The number of ether oxygens (including phenoxy) is 1. The van der Waals surface area contributed by atoms with Gasteiger partial charge in [0.2, 0.25) is 17.0 Å². The lowest BCUT2D eigenvalue weighted by molar-refractivity contribution is -0.385. The average Bonchev–Trinajstić information content (AvgIpc) is 2.38. The molecule has 8 nitrogen and oxygen atoms in total. The summed E-state index contributed by atoms with van der Waals surface area (Å²) in [6, 6.07) is 5.80. The summed E-state index contributed by atoms with van der Waals surface area (Å²) in [5, 5.41) is 13.7. The molecule has 0 saturated carbocycles. The molecular formula is C11H10ClN5O3. The molecule has 2 aromatic rings. The molecule has 1 heterocycles. The summed E-state index contributed by atoms with van der Waals surface area (Å²) in [6.45, 7) is 2.45. The van der Waals surface area contributed by atoms with E-state index in [0.717, 1.165) is 0 Å². The average molecular weight is 296 g/mol. The van der Waals surface area contributed by atoms with Gasteiger partial charge in [-0.3, -0.25) is 10.1 Å². The molecule has 1 N–H and O–H groups in total. The maximum absolute atomic E-state index is 10.9. The standard InChI is InChI=1S/C11H10ClN5O3/c1-2-13-10-14-9(12)15-11(16-10)20-8-6-4-3-5-7(8)17(18)19/h3-6H,2H2,1H3,(H,13,14,15,16). The summed E-state index contributed by atoms with van der Waals surface area (Å²) >= 11 is 5.74. The smallest absolute Gasteiger partial charge is 0.328 e. The molecule has 0 saturated heterocycles. The molecule has 0 radical (unpaired) electrons. The number of nitrogens with one attached hydrogen (secondary N) is 1. The molecule has 0 unspecified atom stereocenters. The number of nitro groups is 1. The van der Waals surface area contributed by atoms with Crippen molar-refractivity contribution in [2.45, 2.75) is 6.92 Å². The van der Waals surface area contributed by atoms with E-state index in [4.69, 9.17) is 16.3 Å². The fraction of sp³-hybridized carbons (Fsp3) is 0.182. The first-order valence-corrected chi connectivity index (χ1v) is 6.04. The molecule has 2 rings (SSSR count). The zero-order chi connectivity index (χ0) is 14.5. The molecule has 9 heteroatoms. The van der Waals surface area contributed by atoms with Crippen molar-refractivity contribution < 1.29 is 9.66 Å². The Kier molecular flexibility index (Phi) is 4.26. The molecule has 20 heavy (non-hydrogen) atoms. The van der Waals surface area contributed by atoms with E-state index in [2.05, 4.69) is 20.3 Å². The first-order chi connectivity index (χ1) is 9.60. The van der Waals surface area contributed by atoms with Crippen molar-refractivity contribution in [3.63, 3.8) is 0 Å². The number of nitro benzene ring substituents is 1. The topological polar surface area (TPSA) is 103 Å². The lowest BCUT2D eigenvalue weighted by Gasteiger charge is -2.06. The molecular weight excluding hydrogens is 286 g/mol. The Bertz CT molecular complexity index is 637. The number of aromatic nitrogens is 3. The highest BCUT2D eigenvalue weighted by atomic mass is 35.5. The Morgan fingerprint density at radius 3 is 2.80 bits per heavy atom. The summed E-state index contributed by atoms with van der Waals surface area (Å²) in [5.41, 5.74) is -0.186. The van der Waals surface area contributed by atoms with Gasteiger partial charge in [-0.1, -0.05) is 12.1 Å². The van der Waals surface area contributed by atoms with Crippen LogP contribution in [0.2, 0.25) is 5.28 Å². The van der Waals surface area contributed by atoms with E-state index in [1.54, 1.807) is 6.07 Å². The second kappa shape index (κ2) is 6.11. The van der Waals surface area contributed by atoms with Crippen LogP contribution in [0.25, 0.3) is 0 Å². The summed E-state index contributed by atoms with van der Waals surface area (Å²) < 4.78 is 5.31. The van der Waals surface area contributed by atoms with Crippen molar-refractivity contribution in [3.8, 4) is 11.8 Å². The number of hydrogen-bond acceptors (Lipinski definition) is 7. The fourth-order valence-corrected chi connectivity index (χ4v) is 1.56. The quantitative estimate of drug-likeness (QED) is 0.668. The van der Waals surface area contributed by atoms with E-state index < -0.39 is 4.92 Å². The van der Waals surface area contributed by atoms with Crippen molar-refractivity contribution in [2.75, 3.05) is 11.9 Å². The third-order valence-corrected chi connectivity index (χ3v) is 2.35. The molecule has 0 aliphatic rings. The van der Waals surface area contributed by atoms with Crippen LogP contribution in [0.5, 0.6) is 11.8 Å². The van der Waals surface area contributed by atoms with Crippen LogP contribution in [0.4, 0.5) is 11.6 Å². The van der Waals surface area contributed by atoms with E-state index in [0.29, 0.717) is 6.54 Å². The van der Waals surface area contributed by atoms with Gasteiger partial charge in [0.1, 0.15) is 0 Å². The minimum atomic E-state index is -0.552. The van der Waals surface area contributed by atoms with Crippen LogP contribution in [0.15, 0.2) is 24.3 Å². The van der Waals surface area contributed by atoms with Crippen LogP contribution in [0, 0.1) is 10.1 Å². The highest BCUT2D eigenvalue weighted by Crippen LogP contribution is 2.29. The van der Waals surface area contributed by atoms with Crippen molar-refractivity contribution in [2.24, 2.45) is 0 Å². The lowest BCUT2D eigenvalue weighted by atomic mass is 10.3. The molecule has 0 atom stereocenters. The van der Waals surface area contributed by atoms with Gasteiger partial charge in [0.25, 0.3) is 0 Å². The molecule has 1 aromatic carbocycles. The van der Waals surface area contributed by atoms with Gasteiger partial charge in [0.05, 0.1) is 4.92 Å². The predicted molar refractivity (Wildman–Crippen MR) is 72.2 cm³/mol. The number of nitrogens with zero attached hydrogens (tertiary/aromatic N) is 4. The van der Waals surface area contributed by atoms with Crippen LogP contribution in [0.3, 0.4) is 0 Å². The zero-order valence-electron chi connectivity index (χ0n) is 10.4. The van der Waals surface area contributed by atoms with Crippen LogP contribution in [0.1, 0.15) is 6.92 Å². The molecule has 1 aromatic heterocycles. The van der Waals surface area contributed by atoms with E-state index >= 15 is 0 Å². The Hall–Kier alpha value is -2.48. The number of halogens is 1. The van der Waals surface area contributed by atoms with Crippen LogP contribution >= 0.6 is 11.6 Å². The minimum Gasteiger partial charge on any atom is -0.417 e. The summed E-state index contributed by atoms with van der Waals surface area (Å²) in [4.78, 5) is 21.9. The summed E-state index contributed by atoms with van der Waals surface area (Å²) in [7, 11) is 0. The number of rotatable bonds is 5. The molecule has 0 aliphatic carbocycles. The van der Waals surface area contributed by atoms with Crippen LogP contribution < -0.4 is 10.1 Å². The minimum absolute atomic E-state index is 0.0298. The monoisotopic (exact) mass is 295 g/mol. The number of benzene rings is 1. The molecule has 104 valence electrons. The van der Waals surface area contributed by atoms with E-state index in [-0.39, 0.29) is 28.7 Å². The maximum atomic E-state index is 10.9. The van der Waals surface area contributed by atoms with Crippen molar-refractivity contribution in [1.82, 2.24) is 15.0 Å². The molecule has 0 bridgehead atoms. The molecule has 0 fully saturated rings. The van der Waals surface area contributed by atoms with Crippen LogP contribution in [-0.4, -0.2) is 26.4 Å². The summed E-state index contributed by atoms with van der Waals surface area (Å²) in [6.07, 6.45) is 0. The number of hydrogen-bond donors (Lipinski definition) is 1. The van der Waals surface area contributed by atoms with Gasteiger partial charge in [-0.05, 0) is 24.6 Å². The van der Waals surface area contributed by atoms with E-state index in [1.807, 2.05) is 6.92 Å². The number of anilines is 1. The van der Waals surface area contributed by atoms with Gasteiger partial charge in [-0.15, -0.1) is 0 Å². The highest BCUT2D eigenvalue weighted by Gasteiger charge is 2.16. The van der Waals surface area contributed by atoms with E-state index in [1.165, 1.54) is 18.2 Å². The largest absolute Gasteiger partial charge is 0.417 e. The van der Waals surface area contributed by atoms with Gasteiger partial charge in [-0.2, -0.15) is 15.0 Å². The third-order valence-electron chi connectivity index (χ3n) is 2.19. The van der Waals surface area contributed by atoms with Crippen molar-refractivity contribution in [1.29, 1.82) is 0 Å². The fourth-order valence-electron chi connectivity index (χ4n) is 1.41. The van der Waals surface area contributed by atoms with Crippen LogP contribution in [-0.2, 0) is 0 Å². The summed E-state index contributed by atoms with van der Waals surface area (Å²) in [5.74, 6) is 0.267. The normalized spacial score (nSPS) is 10.1. The highest BCUT2D eigenvalue weighted by molar-refractivity contribution is 6.28. The Labute approximate surface area is 118 Å². The molecule has 0 spiro atoms. The zero-order valence-corrected chi connectivity index (χ0v) is 11.2. The van der Waals surface area contributed by atoms with E-state index in [9.17, 15) is 10.1 Å². The first kappa shape index (κ1) is 13.9. The van der Waals surface area contributed by atoms with Gasteiger partial charge < -0.3 is 10.1 Å². The second-order valence-electron chi connectivity index (χ2n) is 3.57. The Balaban J connectivity index is 2.32. The number of para-hydroxylation sites is 2. The Morgan fingerprint density at radius 2 is 2.10 bits per heavy atom. The lowest BCUT2D eigenvalue weighted by Crippen LogP contribution is -2.05. The molecule has 0 aliphatic heterocycles. The predicted octanol–water partition coefficient (Wildman–Crippen LogP) is 2.66. The SMILES string of the molecule is CCNc1nc(Cl)nc(Oc2ccccc2[N+](=O)[O-])n1. The second-order valence-corrected chi connectivity index (χ2v) is 3.91. The van der Waals surface area contributed by atoms with Crippen molar-refractivity contribution >= 4 is 23.2 Å². The van der Waals surface area contributed by atoms with Crippen molar-refractivity contribution in [3.05, 3.63) is 39.7 Å². The third kappa shape index (κ3) is 3.29. The van der Waals surface area contributed by atoms with Gasteiger partial charge in [0, 0.05) is 12.6 Å².